The summed E-state index contributed by atoms with van der Waals surface area (Å²) < 4.78 is 34.6. The maximum atomic E-state index is 11.1. The van der Waals surface area contributed by atoms with Crippen molar-refractivity contribution >= 4 is 0 Å². The molecule has 3 saturated heterocycles. The van der Waals surface area contributed by atoms with Crippen LogP contribution in [0.15, 0.2) is 0 Å². The Hall–Kier alpha value is -0.760. The minimum Gasteiger partial charge on any atom is -0.394 e. The molecule has 0 aromatic carbocycles. The van der Waals surface area contributed by atoms with Gasteiger partial charge in [-0.3, -0.25) is 0 Å². The van der Waals surface area contributed by atoms with Crippen LogP contribution in [0.4, 0.5) is 0 Å². The van der Waals surface area contributed by atoms with Crippen molar-refractivity contribution < 1.29 is 64.2 Å². The first-order chi connectivity index (χ1) is 19.8. The highest BCUT2D eigenvalue weighted by atomic mass is 16.8. The molecular formula is C23H46N6O13. The van der Waals surface area contributed by atoms with Gasteiger partial charge in [0.25, 0.3) is 0 Å². The lowest BCUT2D eigenvalue weighted by molar-refractivity contribution is -0.306. The molecule has 4 fully saturated rings. The van der Waals surface area contributed by atoms with E-state index in [0.717, 1.165) is 0 Å². The number of aliphatic hydroxyl groups is 7. The van der Waals surface area contributed by atoms with Crippen LogP contribution in [0.25, 0.3) is 0 Å². The van der Waals surface area contributed by atoms with Gasteiger partial charge in [-0.15, -0.1) is 0 Å². The van der Waals surface area contributed by atoms with Crippen LogP contribution in [-0.2, 0) is 28.4 Å². The van der Waals surface area contributed by atoms with Crippen LogP contribution in [0.1, 0.15) is 6.42 Å². The molecule has 19 atom stereocenters. The third kappa shape index (κ3) is 6.60. The van der Waals surface area contributed by atoms with Crippen LogP contribution in [0.2, 0.25) is 0 Å². The fourth-order valence-corrected chi connectivity index (χ4v) is 5.74. The molecule has 19 heteroatoms. The first-order valence-electron chi connectivity index (χ1n) is 13.9. The summed E-state index contributed by atoms with van der Waals surface area (Å²) in [4.78, 5) is 0. The van der Waals surface area contributed by atoms with E-state index in [1.807, 2.05) is 0 Å². The predicted molar refractivity (Wildman–Crippen MR) is 138 cm³/mol. The van der Waals surface area contributed by atoms with Crippen molar-refractivity contribution in [2.45, 2.75) is 123 Å². The van der Waals surface area contributed by atoms with Gasteiger partial charge in [0.1, 0.15) is 67.1 Å². The molecule has 246 valence electrons. The molecule has 3 aliphatic heterocycles. The lowest BCUT2D eigenvalue weighted by Gasteiger charge is -2.47. The average molecular weight is 615 g/mol. The van der Waals surface area contributed by atoms with Crippen molar-refractivity contribution in [3.05, 3.63) is 0 Å². The maximum absolute atomic E-state index is 11.1. The lowest BCUT2D eigenvalue weighted by atomic mass is 9.84. The van der Waals surface area contributed by atoms with Gasteiger partial charge in [-0.25, -0.2) is 0 Å². The second-order valence-electron chi connectivity index (χ2n) is 11.2. The lowest BCUT2D eigenvalue weighted by Crippen LogP contribution is -2.68. The Kier molecular flexibility index (Phi) is 11.5. The Labute approximate surface area is 241 Å². The molecule has 0 aromatic rings. The van der Waals surface area contributed by atoms with E-state index in [2.05, 4.69) is 0 Å². The SMILES string of the molecule is NCC1OC(OC2C(N)CC(N)C(O)C2O[C@@H]2O[C@H](CO)[C@H](OC3OC(CN)C(O)C(O)C3N)[C@@H]2O)C(N)C(O)C1O. The molecule has 0 aromatic heterocycles. The highest BCUT2D eigenvalue weighted by Crippen LogP contribution is 2.34. The van der Waals surface area contributed by atoms with Crippen LogP contribution in [0.3, 0.4) is 0 Å². The van der Waals surface area contributed by atoms with Gasteiger partial charge in [0.05, 0.1) is 24.8 Å². The molecule has 42 heavy (non-hydrogen) atoms. The molecule has 0 radical (unpaired) electrons. The monoisotopic (exact) mass is 614 g/mol. The molecule has 19 nitrogen and oxygen atoms in total. The Balaban J connectivity index is 1.50. The Morgan fingerprint density at radius 3 is 1.45 bits per heavy atom. The third-order valence-corrected chi connectivity index (χ3v) is 8.37. The molecule has 19 N–H and O–H groups in total. The zero-order valence-corrected chi connectivity index (χ0v) is 22.8. The molecule has 15 unspecified atom stereocenters. The molecule has 0 amide bonds. The average Bonchev–Trinajstić information content (AvgIpc) is 3.27. The predicted octanol–water partition coefficient (Wildman–Crippen LogP) is -8.90. The van der Waals surface area contributed by atoms with Gasteiger partial charge >= 0.3 is 0 Å². The summed E-state index contributed by atoms with van der Waals surface area (Å²) in [5, 5.41) is 73.0. The number of ether oxygens (including phenoxy) is 6. The van der Waals surface area contributed by atoms with Gasteiger partial charge in [-0.2, -0.15) is 0 Å². The molecule has 4 rings (SSSR count). The smallest absolute Gasteiger partial charge is 0.187 e. The van der Waals surface area contributed by atoms with Crippen LogP contribution in [0.5, 0.6) is 0 Å². The van der Waals surface area contributed by atoms with Gasteiger partial charge in [-0.1, -0.05) is 0 Å². The summed E-state index contributed by atoms with van der Waals surface area (Å²) >= 11 is 0. The van der Waals surface area contributed by atoms with Crippen molar-refractivity contribution in [2.75, 3.05) is 19.7 Å². The topological polar surface area (TPSA) is 353 Å². The Morgan fingerprint density at radius 1 is 0.524 bits per heavy atom. The highest BCUT2D eigenvalue weighted by Gasteiger charge is 2.54. The zero-order valence-electron chi connectivity index (χ0n) is 22.8. The van der Waals surface area contributed by atoms with Crippen LogP contribution in [0, 0.1) is 0 Å². The quantitative estimate of drug-likeness (QED) is 0.115. The number of aliphatic hydroxyl groups excluding tert-OH is 7. The first-order valence-corrected chi connectivity index (χ1v) is 13.9. The van der Waals surface area contributed by atoms with Crippen molar-refractivity contribution in [2.24, 2.45) is 34.4 Å². The molecule has 1 aliphatic carbocycles. The fraction of sp³-hybridized carbons (Fsp3) is 1.00. The minimum atomic E-state index is -1.60. The van der Waals surface area contributed by atoms with E-state index >= 15 is 0 Å². The second-order valence-corrected chi connectivity index (χ2v) is 11.2. The summed E-state index contributed by atoms with van der Waals surface area (Å²) in [6, 6.07) is -4.18. The molecule has 3 heterocycles. The molecule has 0 bridgehead atoms. The summed E-state index contributed by atoms with van der Waals surface area (Å²) in [7, 11) is 0. The summed E-state index contributed by atoms with van der Waals surface area (Å²) in [5.41, 5.74) is 35.6. The van der Waals surface area contributed by atoms with Gasteiger partial charge in [0, 0.05) is 25.2 Å². The van der Waals surface area contributed by atoms with E-state index in [4.69, 9.17) is 62.8 Å². The van der Waals surface area contributed by atoms with Gasteiger partial charge in [0.2, 0.25) is 0 Å². The fourth-order valence-electron chi connectivity index (χ4n) is 5.74. The highest BCUT2D eigenvalue weighted by molar-refractivity contribution is 5.02. The maximum Gasteiger partial charge on any atom is 0.187 e. The first kappa shape index (κ1) is 34.1. The van der Waals surface area contributed by atoms with Crippen LogP contribution < -0.4 is 34.4 Å². The van der Waals surface area contributed by atoms with Crippen LogP contribution >= 0.6 is 0 Å². The van der Waals surface area contributed by atoms with Crippen molar-refractivity contribution in [1.29, 1.82) is 0 Å². The third-order valence-electron chi connectivity index (χ3n) is 8.37. The Morgan fingerprint density at radius 2 is 0.976 bits per heavy atom. The molecular weight excluding hydrogens is 568 g/mol. The Bertz CT molecular complexity index is 868. The van der Waals surface area contributed by atoms with E-state index in [1.165, 1.54) is 0 Å². The number of nitrogens with two attached hydrogens (primary N) is 6. The number of hydrogen-bond acceptors (Lipinski definition) is 19. The largest absolute Gasteiger partial charge is 0.394 e. The molecule has 4 aliphatic rings. The summed E-state index contributed by atoms with van der Waals surface area (Å²) in [6.45, 7) is -0.967. The van der Waals surface area contributed by atoms with E-state index in [-0.39, 0.29) is 19.5 Å². The second kappa shape index (κ2) is 14.1. The molecule has 1 saturated carbocycles. The summed E-state index contributed by atoms with van der Waals surface area (Å²) in [6.07, 6.45) is -19.8. The van der Waals surface area contributed by atoms with E-state index in [9.17, 15) is 35.7 Å². The van der Waals surface area contributed by atoms with E-state index in [1.54, 1.807) is 0 Å². The number of hydrogen-bond donors (Lipinski definition) is 13. The van der Waals surface area contributed by atoms with Crippen molar-refractivity contribution in [3.63, 3.8) is 0 Å². The normalized spacial score (nSPS) is 53.8. The number of rotatable bonds is 9. The zero-order chi connectivity index (χ0) is 31.0. The van der Waals surface area contributed by atoms with Crippen molar-refractivity contribution in [1.82, 2.24) is 0 Å². The van der Waals surface area contributed by atoms with E-state index < -0.39 is 123 Å². The standard InChI is InChI=1S/C23H46N6O13/c24-2-7-13(32)15(34)10(28)21(37-7)40-18-6(27)1-5(26)12(31)20(18)42-23-17(36)19(9(4-30)39-23)41-22-11(29)16(35)14(33)8(3-25)38-22/h5-23,30-36H,1-4,24-29H2/t5?,6?,7?,8?,9-,10?,11?,12?,13?,14?,15?,16?,17+,18?,19+,20?,21?,22?,23+/m1/s1. The van der Waals surface area contributed by atoms with Gasteiger partial charge in [0.15, 0.2) is 18.9 Å². The minimum absolute atomic E-state index is 0.0889. The van der Waals surface area contributed by atoms with Gasteiger partial charge in [-0.05, 0) is 6.42 Å². The molecule has 0 spiro atoms. The van der Waals surface area contributed by atoms with Crippen molar-refractivity contribution in [3.8, 4) is 0 Å². The van der Waals surface area contributed by atoms with Gasteiger partial charge < -0.3 is 98.6 Å². The van der Waals surface area contributed by atoms with Crippen LogP contribution in [-0.4, -0.2) is 172 Å². The summed E-state index contributed by atoms with van der Waals surface area (Å²) in [5.74, 6) is 0. The van der Waals surface area contributed by atoms with E-state index in [0.29, 0.717) is 0 Å².